The van der Waals surface area contributed by atoms with E-state index in [4.69, 9.17) is 9.47 Å². The molecule has 1 aromatic carbocycles. The molecule has 0 aromatic heterocycles. The summed E-state index contributed by atoms with van der Waals surface area (Å²) >= 11 is 3.54. The lowest BCUT2D eigenvalue weighted by atomic mass is 9.73. The number of ether oxygens (including phenoxy) is 2. The van der Waals surface area contributed by atoms with Gasteiger partial charge in [0, 0.05) is 36.8 Å². The van der Waals surface area contributed by atoms with Gasteiger partial charge in [0.1, 0.15) is 5.75 Å². The van der Waals surface area contributed by atoms with Gasteiger partial charge in [0.25, 0.3) is 0 Å². The first-order valence-electron chi connectivity index (χ1n) is 6.88. The Morgan fingerprint density at radius 3 is 3.00 bits per heavy atom. The highest BCUT2D eigenvalue weighted by atomic mass is 79.9. The number of fused-ring (bicyclic) bond motifs is 1. The van der Waals surface area contributed by atoms with Crippen molar-refractivity contribution in [3.8, 4) is 5.75 Å². The van der Waals surface area contributed by atoms with Crippen molar-refractivity contribution in [1.82, 2.24) is 0 Å². The molecule has 3 rings (SSSR count). The number of hydrogen-bond acceptors (Lipinski definition) is 3. The van der Waals surface area contributed by atoms with Gasteiger partial charge in [-0.05, 0) is 30.2 Å². The number of halogens is 1. The van der Waals surface area contributed by atoms with E-state index in [-0.39, 0.29) is 6.10 Å². The van der Waals surface area contributed by atoms with Crippen LogP contribution in [-0.4, -0.2) is 30.0 Å². The Balaban J connectivity index is 1.74. The molecular weight excluding hydrogens is 308 g/mol. The first-order chi connectivity index (χ1) is 9.09. The predicted octanol–water partition coefficient (Wildman–Crippen LogP) is 2.86. The van der Waals surface area contributed by atoms with Gasteiger partial charge in [-0.1, -0.05) is 15.9 Å². The molecule has 0 saturated heterocycles. The molecule has 1 aliphatic heterocycles. The molecule has 1 fully saturated rings. The summed E-state index contributed by atoms with van der Waals surface area (Å²) in [5, 5.41) is 10.5. The summed E-state index contributed by atoms with van der Waals surface area (Å²) in [5.74, 6) is 0.983. The second kappa shape index (κ2) is 5.08. The van der Waals surface area contributed by atoms with Gasteiger partial charge in [0.15, 0.2) is 0 Å². The maximum absolute atomic E-state index is 10.5. The maximum atomic E-state index is 10.5. The fraction of sp³-hybridized carbons (Fsp3) is 0.600. The largest absolute Gasteiger partial charge is 0.493 e. The van der Waals surface area contributed by atoms with Gasteiger partial charge in [-0.25, -0.2) is 0 Å². The van der Waals surface area contributed by atoms with Crippen LogP contribution in [0, 0.1) is 0 Å². The van der Waals surface area contributed by atoms with Gasteiger partial charge < -0.3 is 14.6 Å². The van der Waals surface area contributed by atoms with E-state index in [9.17, 15) is 5.11 Å². The molecular formula is C15H19BrO3. The fourth-order valence-corrected chi connectivity index (χ4v) is 3.67. The standard InChI is InChI=1S/C15H19BrO3/c1-2-18-13-8-15(17,9-13)7-11-6-12(16)5-10-3-4-19-14(10)11/h5-6,13,17H,2-4,7-9H2,1H3. The molecule has 1 saturated carbocycles. The molecule has 1 heterocycles. The summed E-state index contributed by atoms with van der Waals surface area (Å²) in [6.45, 7) is 3.46. The highest BCUT2D eigenvalue weighted by Crippen LogP contribution is 2.41. The van der Waals surface area contributed by atoms with Gasteiger partial charge in [-0.2, -0.15) is 0 Å². The van der Waals surface area contributed by atoms with Gasteiger partial charge in [-0.15, -0.1) is 0 Å². The first-order valence-corrected chi connectivity index (χ1v) is 7.67. The molecule has 1 aliphatic carbocycles. The average Bonchev–Trinajstić information content (AvgIpc) is 2.75. The van der Waals surface area contributed by atoms with Crippen molar-refractivity contribution >= 4 is 15.9 Å². The first kappa shape index (κ1) is 13.4. The van der Waals surface area contributed by atoms with Crippen LogP contribution in [0.1, 0.15) is 30.9 Å². The van der Waals surface area contributed by atoms with Crippen molar-refractivity contribution in [2.45, 2.75) is 44.3 Å². The fourth-order valence-electron chi connectivity index (χ4n) is 3.12. The lowest BCUT2D eigenvalue weighted by Gasteiger charge is -2.43. The number of rotatable bonds is 4. The normalized spacial score (nSPS) is 28.7. The topological polar surface area (TPSA) is 38.7 Å². The number of benzene rings is 1. The van der Waals surface area contributed by atoms with E-state index >= 15 is 0 Å². The van der Waals surface area contributed by atoms with E-state index in [1.807, 2.05) is 6.92 Å². The van der Waals surface area contributed by atoms with Crippen molar-refractivity contribution in [3.63, 3.8) is 0 Å². The smallest absolute Gasteiger partial charge is 0.125 e. The van der Waals surface area contributed by atoms with E-state index in [2.05, 4.69) is 28.1 Å². The third-order valence-corrected chi connectivity index (χ3v) is 4.42. The SMILES string of the molecule is CCOC1CC(O)(Cc2cc(Br)cc3c2OCC3)C1. The third-order valence-electron chi connectivity index (χ3n) is 3.96. The monoisotopic (exact) mass is 326 g/mol. The lowest BCUT2D eigenvalue weighted by molar-refractivity contribution is -0.136. The molecule has 4 heteroatoms. The molecule has 3 nitrogen and oxygen atoms in total. The minimum atomic E-state index is -0.625. The van der Waals surface area contributed by atoms with Gasteiger partial charge in [0.2, 0.25) is 0 Å². The number of aliphatic hydroxyl groups is 1. The molecule has 104 valence electrons. The average molecular weight is 327 g/mol. The van der Waals surface area contributed by atoms with E-state index in [1.54, 1.807) is 0 Å². The molecule has 2 aliphatic rings. The van der Waals surface area contributed by atoms with Crippen LogP contribution in [0.15, 0.2) is 16.6 Å². The van der Waals surface area contributed by atoms with Crippen LogP contribution in [0.2, 0.25) is 0 Å². The molecule has 1 N–H and O–H groups in total. The Morgan fingerprint density at radius 1 is 1.47 bits per heavy atom. The summed E-state index contributed by atoms with van der Waals surface area (Å²) in [5.41, 5.74) is 1.73. The van der Waals surface area contributed by atoms with Crippen LogP contribution in [0.4, 0.5) is 0 Å². The quantitative estimate of drug-likeness (QED) is 0.924. The third kappa shape index (κ3) is 2.67. The highest BCUT2D eigenvalue weighted by Gasteiger charge is 2.43. The van der Waals surface area contributed by atoms with Crippen molar-refractivity contribution in [1.29, 1.82) is 0 Å². The zero-order valence-corrected chi connectivity index (χ0v) is 12.7. The Kier molecular flexibility index (Phi) is 3.58. The van der Waals surface area contributed by atoms with Crippen molar-refractivity contribution < 1.29 is 14.6 Å². The second-order valence-corrected chi connectivity index (χ2v) is 6.45. The number of hydrogen-bond donors (Lipinski definition) is 1. The molecule has 0 radical (unpaired) electrons. The maximum Gasteiger partial charge on any atom is 0.125 e. The molecule has 19 heavy (non-hydrogen) atoms. The molecule has 0 atom stereocenters. The summed E-state index contributed by atoms with van der Waals surface area (Å²) < 4.78 is 12.3. The van der Waals surface area contributed by atoms with Crippen LogP contribution >= 0.6 is 15.9 Å². The summed E-state index contributed by atoms with van der Waals surface area (Å²) in [7, 11) is 0. The van der Waals surface area contributed by atoms with Gasteiger partial charge >= 0.3 is 0 Å². The zero-order valence-electron chi connectivity index (χ0n) is 11.1. The molecule has 0 bridgehead atoms. The Bertz CT molecular complexity index is 481. The zero-order chi connectivity index (χ0) is 13.5. The van der Waals surface area contributed by atoms with E-state index in [0.29, 0.717) is 6.42 Å². The second-order valence-electron chi connectivity index (χ2n) is 5.54. The minimum Gasteiger partial charge on any atom is -0.493 e. The summed E-state index contributed by atoms with van der Waals surface area (Å²) in [6.07, 6.45) is 3.28. The van der Waals surface area contributed by atoms with Gasteiger partial charge in [0.05, 0.1) is 18.3 Å². The minimum absolute atomic E-state index is 0.219. The van der Waals surface area contributed by atoms with Crippen LogP contribution in [0.5, 0.6) is 5.75 Å². The Hall–Kier alpha value is -0.580. The highest BCUT2D eigenvalue weighted by molar-refractivity contribution is 9.10. The van der Waals surface area contributed by atoms with Crippen molar-refractivity contribution in [2.24, 2.45) is 0 Å². The molecule has 0 spiro atoms. The van der Waals surface area contributed by atoms with Crippen molar-refractivity contribution in [3.05, 3.63) is 27.7 Å². The summed E-state index contributed by atoms with van der Waals surface area (Å²) in [6, 6.07) is 4.18. The molecule has 0 amide bonds. The lowest BCUT2D eigenvalue weighted by Crippen LogP contribution is -2.49. The Morgan fingerprint density at radius 2 is 2.26 bits per heavy atom. The van der Waals surface area contributed by atoms with Crippen LogP contribution < -0.4 is 4.74 Å². The predicted molar refractivity (Wildman–Crippen MR) is 76.6 cm³/mol. The van der Waals surface area contributed by atoms with Crippen LogP contribution in [0.3, 0.4) is 0 Å². The van der Waals surface area contributed by atoms with E-state index in [1.165, 1.54) is 5.56 Å². The van der Waals surface area contributed by atoms with Crippen LogP contribution in [0.25, 0.3) is 0 Å². The van der Waals surface area contributed by atoms with Crippen molar-refractivity contribution in [2.75, 3.05) is 13.2 Å². The summed E-state index contributed by atoms with van der Waals surface area (Å²) in [4.78, 5) is 0. The van der Waals surface area contributed by atoms with E-state index in [0.717, 1.165) is 48.3 Å². The molecule has 0 unspecified atom stereocenters. The Labute approximate surface area is 122 Å². The van der Waals surface area contributed by atoms with E-state index < -0.39 is 5.60 Å². The molecule has 1 aromatic rings. The van der Waals surface area contributed by atoms with Crippen LogP contribution in [-0.2, 0) is 17.6 Å². The van der Waals surface area contributed by atoms with Gasteiger partial charge in [-0.3, -0.25) is 0 Å².